The van der Waals surface area contributed by atoms with Crippen LogP contribution in [-0.2, 0) is 7.05 Å². The first-order chi connectivity index (χ1) is 8.75. The highest BCUT2D eigenvalue weighted by Crippen LogP contribution is 2.32. The van der Waals surface area contributed by atoms with Crippen molar-refractivity contribution in [1.82, 2.24) is 15.1 Å². The van der Waals surface area contributed by atoms with E-state index in [4.69, 9.17) is 0 Å². The first kappa shape index (κ1) is 11.5. The standard InChI is InChI=1S/C15H19N3/c1-11-3-5-12(6-4-11)14-10-17-18(2)15(14)13-7-8-16-9-13/h3-6,10,13,16H,7-9H2,1-2H3. The maximum atomic E-state index is 4.45. The highest BCUT2D eigenvalue weighted by molar-refractivity contribution is 5.66. The van der Waals surface area contributed by atoms with Gasteiger partial charge in [0.05, 0.1) is 11.9 Å². The molecule has 3 heteroatoms. The molecular weight excluding hydrogens is 222 g/mol. The number of hydrogen-bond donors (Lipinski definition) is 1. The van der Waals surface area contributed by atoms with Crippen LogP contribution >= 0.6 is 0 Å². The Bertz CT molecular complexity index is 533. The van der Waals surface area contributed by atoms with Crippen LogP contribution in [0.5, 0.6) is 0 Å². The third-order valence-electron chi connectivity index (χ3n) is 3.79. The zero-order valence-corrected chi connectivity index (χ0v) is 11.0. The van der Waals surface area contributed by atoms with E-state index in [1.54, 1.807) is 0 Å². The monoisotopic (exact) mass is 241 g/mol. The van der Waals surface area contributed by atoms with Crippen molar-refractivity contribution in [3.63, 3.8) is 0 Å². The average molecular weight is 241 g/mol. The number of aromatic nitrogens is 2. The van der Waals surface area contributed by atoms with Crippen molar-refractivity contribution >= 4 is 0 Å². The molecule has 0 spiro atoms. The van der Waals surface area contributed by atoms with E-state index in [-0.39, 0.29) is 0 Å². The van der Waals surface area contributed by atoms with Crippen LogP contribution < -0.4 is 5.32 Å². The largest absolute Gasteiger partial charge is 0.316 e. The van der Waals surface area contributed by atoms with Gasteiger partial charge in [-0.25, -0.2) is 0 Å². The van der Waals surface area contributed by atoms with Crippen molar-refractivity contribution in [2.24, 2.45) is 7.05 Å². The van der Waals surface area contributed by atoms with Gasteiger partial charge in [0.2, 0.25) is 0 Å². The van der Waals surface area contributed by atoms with Crippen LogP contribution in [0.2, 0.25) is 0 Å². The van der Waals surface area contributed by atoms with Crippen molar-refractivity contribution in [3.8, 4) is 11.1 Å². The van der Waals surface area contributed by atoms with Crippen LogP contribution in [0.25, 0.3) is 11.1 Å². The minimum atomic E-state index is 0.591. The van der Waals surface area contributed by atoms with E-state index < -0.39 is 0 Å². The lowest BCUT2D eigenvalue weighted by molar-refractivity contribution is 0.638. The Labute approximate surface area is 108 Å². The van der Waals surface area contributed by atoms with E-state index in [1.165, 1.54) is 28.8 Å². The lowest BCUT2D eigenvalue weighted by atomic mass is 9.96. The van der Waals surface area contributed by atoms with Crippen molar-refractivity contribution in [3.05, 3.63) is 41.7 Å². The summed E-state index contributed by atoms with van der Waals surface area (Å²) in [6.07, 6.45) is 3.21. The van der Waals surface area contributed by atoms with E-state index >= 15 is 0 Å². The topological polar surface area (TPSA) is 29.9 Å². The SMILES string of the molecule is Cc1ccc(-c2cnn(C)c2C2CCNC2)cc1. The molecule has 2 aromatic rings. The Morgan fingerprint density at radius 3 is 2.72 bits per heavy atom. The maximum absolute atomic E-state index is 4.45. The summed E-state index contributed by atoms with van der Waals surface area (Å²) in [5, 5.41) is 7.88. The Kier molecular flexibility index (Phi) is 2.92. The smallest absolute Gasteiger partial charge is 0.0571 e. The third kappa shape index (κ3) is 1.95. The second-order valence-electron chi connectivity index (χ2n) is 5.12. The van der Waals surface area contributed by atoms with Crippen molar-refractivity contribution < 1.29 is 0 Å². The number of nitrogens with one attached hydrogen (secondary N) is 1. The quantitative estimate of drug-likeness (QED) is 0.875. The normalized spacial score (nSPS) is 19.3. The highest BCUT2D eigenvalue weighted by atomic mass is 15.3. The molecule has 94 valence electrons. The molecule has 0 bridgehead atoms. The fourth-order valence-electron chi connectivity index (χ4n) is 2.77. The molecule has 18 heavy (non-hydrogen) atoms. The van der Waals surface area contributed by atoms with Gasteiger partial charge >= 0.3 is 0 Å². The van der Waals surface area contributed by atoms with Gasteiger partial charge in [-0.1, -0.05) is 29.8 Å². The molecule has 3 nitrogen and oxygen atoms in total. The number of benzene rings is 1. The number of nitrogens with zero attached hydrogens (tertiary/aromatic N) is 2. The molecular formula is C15H19N3. The lowest BCUT2D eigenvalue weighted by Crippen LogP contribution is -2.11. The Morgan fingerprint density at radius 2 is 2.06 bits per heavy atom. The summed E-state index contributed by atoms with van der Waals surface area (Å²) < 4.78 is 2.03. The molecule has 1 aromatic heterocycles. The minimum Gasteiger partial charge on any atom is -0.316 e. The van der Waals surface area contributed by atoms with Crippen molar-refractivity contribution in [2.75, 3.05) is 13.1 Å². The van der Waals surface area contributed by atoms with Gasteiger partial charge < -0.3 is 5.32 Å². The first-order valence-electron chi connectivity index (χ1n) is 6.55. The molecule has 1 fully saturated rings. The van der Waals surface area contributed by atoms with Crippen LogP contribution in [0.1, 0.15) is 23.6 Å². The van der Waals surface area contributed by atoms with Crippen LogP contribution in [0.3, 0.4) is 0 Å². The summed E-state index contributed by atoms with van der Waals surface area (Å²) in [5.41, 5.74) is 5.22. The maximum Gasteiger partial charge on any atom is 0.0571 e. The van der Waals surface area contributed by atoms with E-state index in [2.05, 4.69) is 41.6 Å². The van der Waals surface area contributed by atoms with E-state index in [1.807, 2.05) is 17.9 Å². The van der Waals surface area contributed by atoms with Crippen LogP contribution in [0.4, 0.5) is 0 Å². The minimum absolute atomic E-state index is 0.591. The second-order valence-corrected chi connectivity index (χ2v) is 5.12. The highest BCUT2D eigenvalue weighted by Gasteiger charge is 2.23. The van der Waals surface area contributed by atoms with Crippen LogP contribution in [0.15, 0.2) is 30.5 Å². The molecule has 0 aliphatic carbocycles. The molecule has 1 N–H and O–H groups in total. The Morgan fingerprint density at radius 1 is 1.28 bits per heavy atom. The molecule has 1 saturated heterocycles. The first-order valence-corrected chi connectivity index (χ1v) is 6.55. The van der Waals surface area contributed by atoms with Gasteiger partial charge in [0.1, 0.15) is 0 Å². The number of rotatable bonds is 2. The predicted octanol–water partition coefficient (Wildman–Crippen LogP) is 2.47. The lowest BCUT2D eigenvalue weighted by Gasteiger charge is -2.12. The van der Waals surface area contributed by atoms with Crippen molar-refractivity contribution in [2.45, 2.75) is 19.3 Å². The Balaban J connectivity index is 2.04. The van der Waals surface area contributed by atoms with Crippen LogP contribution in [0, 0.1) is 6.92 Å². The van der Waals surface area contributed by atoms with E-state index in [0.29, 0.717) is 5.92 Å². The van der Waals surface area contributed by atoms with Crippen molar-refractivity contribution in [1.29, 1.82) is 0 Å². The zero-order chi connectivity index (χ0) is 12.5. The zero-order valence-electron chi connectivity index (χ0n) is 11.0. The molecule has 3 rings (SSSR count). The average Bonchev–Trinajstić information content (AvgIpc) is 2.99. The summed E-state index contributed by atoms with van der Waals surface area (Å²) in [7, 11) is 2.05. The third-order valence-corrected chi connectivity index (χ3v) is 3.79. The number of hydrogen-bond acceptors (Lipinski definition) is 2. The van der Waals surface area contributed by atoms with E-state index in [0.717, 1.165) is 13.1 Å². The summed E-state index contributed by atoms with van der Waals surface area (Å²) in [6.45, 7) is 4.30. The summed E-state index contributed by atoms with van der Waals surface area (Å²) in [6, 6.07) is 8.72. The molecule has 1 atom stereocenters. The molecule has 0 saturated carbocycles. The summed E-state index contributed by atoms with van der Waals surface area (Å²) in [4.78, 5) is 0. The summed E-state index contributed by atoms with van der Waals surface area (Å²) >= 11 is 0. The van der Waals surface area contributed by atoms with Gasteiger partial charge in [-0.15, -0.1) is 0 Å². The Hall–Kier alpha value is -1.61. The predicted molar refractivity (Wildman–Crippen MR) is 73.6 cm³/mol. The summed E-state index contributed by atoms with van der Waals surface area (Å²) in [5.74, 6) is 0.591. The van der Waals surface area contributed by atoms with Gasteiger partial charge in [0, 0.05) is 25.1 Å². The van der Waals surface area contributed by atoms with E-state index in [9.17, 15) is 0 Å². The molecule has 2 heterocycles. The molecule has 1 aliphatic rings. The van der Waals surface area contributed by atoms with Gasteiger partial charge in [-0.3, -0.25) is 4.68 Å². The molecule has 0 amide bonds. The number of aryl methyl sites for hydroxylation is 2. The second kappa shape index (κ2) is 4.58. The molecule has 1 aliphatic heterocycles. The molecule has 1 unspecified atom stereocenters. The fourth-order valence-corrected chi connectivity index (χ4v) is 2.77. The fraction of sp³-hybridized carbons (Fsp3) is 0.400. The van der Waals surface area contributed by atoms with Gasteiger partial charge in [0.15, 0.2) is 0 Å². The molecule has 1 aromatic carbocycles. The van der Waals surface area contributed by atoms with Gasteiger partial charge in [-0.05, 0) is 25.5 Å². The van der Waals surface area contributed by atoms with Gasteiger partial charge in [0.25, 0.3) is 0 Å². The van der Waals surface area contributed by atoms with Crippen LogP contribution in [-0.4, -0.2) is 22.9 Å². The molecule has 0 radical (unpaired) electrons. The van der Waals surface area contributed by atoms with Gasteiger partial charge in [-0.2, -0.15) is 5.10 Å².